The van der Waals surface area contributed by atoms with E-state index in [-0.39, 0.29) is 0 Å². The van der Waals surface area contributed by atoms with E-state index in [1.807, 2.05) is 0 Å². The van der Waals surface area contributed by atoms with Crippen LogP contribution in [0.15, 0.2) is 18.5 Å². The van der Waals surface area contributed by atoms with Gasteiger partial charge in [-0.2, -0.15) is 10.1 Å². The molecule has 0 saturated carbocycles. The Morgan fingerprint density at radius 2 is 2.35 bits per heavy atom. The number of ether oxygens (including phenoxy) is 1. The van der Waals surface area contributed by atoms with E-state index in [1.165, 1.54) is 13.4 Å². The molecule has 7 nitrogen and oxygen atoms in total. The molecule has 0 atom stereocenters. The van der Waals surface area contributed by atoms with E-state index in [2.05, 4.69) is 25.5 Å². The van der Waals surface area contributed by atoms with Gasteiger partial charge < -0.3 is 15.8 Å². The average Bonchev–Trinajstić information content (AvgIpc) is 2.84. The van der Waals surface area contributed by atoms with Crippen LogP contribution < -0.4 is 15.8 Å². The quantitative estimate of drug-likeness (QED) is 0.694. The Balaban J connectivity index is 1.90. The predicted molar refractivity (Wildman–Crippen MR) is 63.8 cm³/mol. The van der Waals surface area contributed by atoms with Gasteiger partial charge in [-0.15, -0.1) is 0 Å². The molecule has 0 saturated heterocycles. The van der Waals surface area contributed by atoms with Crippen LogP contribution in [0.25, 0.3) is 0 Å². The van der Waals surface area contributed by atoms with Crippen molar-refractivity contribution in [1.29, 1.82) is 0 Å². The highest BCUT2D eigenvalue weighted by Gasteiger charge is 2.02. The lowest BCUT2D eigenvalue weighted by molar-refractivity contribution is 0.401. The minimum Gasteiger partial charge on any atom is -0.479 e. The molecule has 0 aliphatic rings. The summed E-state index contributed by atoms with van der Waals surface area (Å²) in [6.07, 6.45) is 2.23. The monoisotopic (exact) mass is 234 g/mol. The predicted octanol–water partition coefficient (Wildman–Crippen LogP) is 0.445. The molecule has 0 aliphatic carbocycles. The number of H-pyrrole nitrogens is 1. The average molecular weight is 234 g/mol. The number of aromatic amines is 1. The number of rotatable bonds is 5. The SMILES string of the molecule is COc1nc(NCCc2ncn[nH]2)ccc1N. The molecule has 0 amide bonds. The maximum Gasteiger partial charge on any atom is 0.238 e. The number of hydrogen-bond acceptors (Lipinski definition) is 6. The van der Waals surface area contributed by atoms with E-state index in [9.17, 15) is 0 Å². The molecule has 0 bridgehead atoms. The summed E-state index contributed by atoms with van der Waals surface area (Å²) in [4.78, 5) is 8.23. The number of nitrogens with two attached hydrogens (primary N) is 1. The van der Waals surface area contributed by atoms with Crippen LogP contribution in [0.3, 0.4) is 0 Å². The Morgan fingerprint density at radius 1 is 1.47 bits per heavy atom. The van der Waals surface area contributed by atoms with Crippen LogP contribution in [0.4, 0.5) is 11.5 Å². The standard InChI is InChI=1S/C10H14N6O/c1-17-10-7(11)2-3-8(15-10)12-5-4-9-13-6-14-16-9/h2-3,6H,4-5,11H2,1H3,(H,12,15)(H,13,14,16). The van der Waals surface area contributed by atoms with Crippen LogP contribution in [-0.4, -0.2) is 33.8 Å². The van der Waals surface area contributed by atoms with Crippen LogP contribution in [-0.2, 0) is 6.42 Å². The molecular formula is C10H14N6O. The Bertz CT molecular complexity index is 470. The topological polar surface area (TPSA) is 102 Å². The summed E-state index contributed by atoms with van der Waals surface area (Å²) in [5.41, 5.74) is 6.19. The molecule has 0 aromatic carbocycles. The van der Waals surface area contributed by atoms with Gasteiger partial charge in [0.25, 0.3) is 0 Å². The number of nitrogens with one attached hydrogen (secondary N) is 2. The highest BCUT2D eigenvalue weighted by Crippen LogP contribution is 2.19. The Kier molecular flexibility index (Phi) is 3.39. The molecule has 17 heavy (non-hydrogen) atoms. The second kappa shape index (κ2) is 5.15. The molecule has 2 rings (SSSR count). The van der Waals surface area contributed by atoms with Gasteiger partial charge >= 0.3 is 0 Å². The summed E-state index contributed by atoms with van der Waals surface area (Å²) in [6, 6.07) is 3.56. The fraction of sp³-hybridized carbons (Fsp3) is 0.300. The number of nitrogens with zero attached hydrogens (tertiary/aromatic N) is 3. The maximum atomic E-state index is 5.67. The van der Waals surface area contributed by atoms with E-state index in [1.54, 1.807) is 12.1 Å². The van der Waals surface area contributed by atoms with Crippen molar-refractivity contribution < 1.29 is 4.74 Å². The smallest absolute Gasteiger partial charge is 0.238 e. The normalized spacial score (nSPS) is 10.2. The van der Waals surface area contributed by atoms with Crippen molar-refractivity contribution in [2.45, 2.75) is 6.42 Å². The molecular weight excluding hydrogens is 220 g/mol. The fourth-order valence-corrected chi connectivity index (χ4v) is 1.37. The molecule has 4 N–H and O–H groups in total. The van der Waals surface area contributed by atoms with Gasteiger partial charge in [-0.05, 0) is 12.1 Å². The van der Waals surface area contributed by atoms with Gasteiger partial charge in [0.1, 0.15) is 18.0 Å². The van der Waals surface area contributed by atoms with Crippen molar-refractivity contribution in [3.63, 3.8) is 0 Å². The number of hydrogen-bond donors (Lipinski definition) is 3. The molecule has 0 aliphatic heterocycles. The minimum atomic E-state index is 0.426. The summed E-state index contributed by atoms with van der Waals surface area (Å²) in [5, 5.41) is 9.71. The number of nitrogen functional groups attached to an aromatic ring is 1. The van der Waals surface area contributed by atoms with Gasteiger partial charge in [-0.25, -0.2) is 4.98 Å². The summed E-state index contributed by atoms with van der Waals surface area (Å²) in [7, 11) is 1.54. The van der Waals surface area contributed by atoms with Gasteiger partial charge in [0, 0.05) is 13.0 Å². The zero-order valence-electron chi connectivity index (χ0n) is 9.47. The van der Waals surface area contributed by atoms with Crippen molar-refractivity contribution in [1.82, 2.24) is 20.2 Å². The van der Waals surface area contributed by atoms with E-state index in [0.717, 1.165) is 18.1 Å². The zero-order valence-corrected chi connectivity index (χ0v) is 9.47. The van der Waals surface area contributed by atoms with Gasteiger partial charge in [0.15, 0.2) is 0 Å². The van der Waals surface area contributed by atoms with Crippen LogP contribution >= 0.6 is 0 Å². The van der Waals surface area contributed by atoms with Crippen LogP contribution in [0.2, 0.25) is 0 Å². The number of aromatic nitrogens is 4. The third-order valence-corrected chi connectivity index (χ3v) is 2.22. The third kappa shape index (κ3) is 2.83. The molecule has 0 fully saturated rings. The van der Waals surface area contributed by atoms with Crippen molar-refractivity contribution >= 4 is 11.5 Å². The molecule has 2 heterocycles. The van der Waals surface area contributed by atoms with E-state index in [0.29, 0.717) is 18.1 Å². The summed E-state index contributed by atoms with van der Waals surface area (Å²) in [5.74, 6) is 1.98. The van der Waals surface area contributed by atoms with Crippen molar-refractivity contribution in [3.05, 3.63) is 24.3 Å². The zero-order chi connectivity index (χ0) is 12.1. The van der Waals surface area contributed by atoms with Gasteiger partial charge in [0.2, 0.25) is 5.88 Å². The van der Waals surface area contributed by atoms with Crippen LogP contribution in [0.5, 0.6) is 5.88 Å². The third-order valence-electron chi connectivity index (χ3n) is 2.22. The second-order valence-electron chi connectivity index (χ2n) is 3.40. The first-order chi connectivity index (χ1) is 8.29. The lowest BCUT2D eigenvalue weighted by Gasteiger charge is -2.07. The van der Waals surface area contributed by atoms with E-state index < -0.39 is 0 Å². The van der Waals surface area contributed by atoms with Gasteiger partial charge in [0.05, 0.1) is 12.8 Å². The number of methoxy groups -OCH3 is 1. The van der Waals surface area contributed by atoms with Crippen molar-refractivity contribution in [2.24, 2.45) is 0 Å². The number of anilines is 2. The van der Waals surface area contributed by atoms with Gasteiger partial charge in [-0.3, -0.25) is 5.10 Å². The summed E-state index contributed by atoms with van der Waals surface area (Å²) >= 11 is 0. The van der Waals surface area contributed by atoms with E-state index >= 15 is 0 Å². The lowest BCUT2D eigenvalue weighted by atomic mass is 10.3. The molecule has 2 aromatic rings. The molecule has 7 heteroatoms. The summed E-state index contributed by atoms with van der Waals surface area (Å²) < 4.78 is 5.03. The molecule has 0 radical (unpaired) electrons. The lowest BCUT2D eigenvalue weighted by Crippen LogP contribution is -2.08. The number of pyridine rings is 1. The maximum absolute atomic E-state index is 5.67. The highest BCUT2D eigenvalue weighted by molar-refractivity contribution is 5.53. The van der Waals surface area contributed by atoms with E-state index in [4.69, 9.17) is 10.5 Å². The Hall–Kier alpha value is -2.31. The first kappa shape index (κ1) is 11.2. The van der Waals surface area contributed by atoms with Gasteiger partial charge in [-0.1, -0.05) is 0 Å². The molecule has 0 spiro atoms. The summed E-state index contributed by atoms with van der Waals surface area (Å²) in [6.45, 7) is 0.704. The molecule has 0 unspecified atom stereocenters. The Labute approximate surface area is 98.4 Å². The highest BCUT2D eigenvalue weighted by atomic mass is 16.5. The fourth-order valence-electron chi connectivity index (χ4n) is 1.37. The molecule has 2 aromatic heterocycles. The van der Waals surface area contributed by atoms with Crippen molar-refractivity contribution in [3.8, 4) is 5.88 Å². The van der Waals surface area contributed by atoms with Crippen molar-refractivity contribution in [2.75, 3.05) is 24.7 Å². The first-order valence-corrected chi connectivity index (χ1v) is 5.18. The largest absolute Gasteiger partial charge is 0.479 e. The molecule has 90 valence electrons. The second-order valence-corrected chi connectivity index (χ2v) is 3.40. The Morgan fingerprint density at radius 3 is 3.06 bits per heavy atom. The van der Waals surface area contributed by atoms with Crippen LogP contribution in [0.1, 0.15) is 5.82 Å². The van der Waals surface area contributed by atoms with Crippen LogP contribution in [0, 0.1) is 0 Å². The first-order valence-electron chi connectivity index (χ1n) is 5.18. The minimum absolute atomic E-state index is 0.426.